The highest BCUT2D eigenvalue weighted by molar-refractivity contribution is 6.07. The highest BCUT2D eigenvalue weighted by Crippen LogP contribution is 2.26. The maximum atomic E-state index is 12.8. The number of aromatic nitrogens is 2. The van der Waals surface area contributed by atoms with E-state index < -0.39 is 30.1 Å². The summed E-state index contributed by atoms with van der Waals surface area (Å²) >= 11 is 0. The lowest BCUT2D eigenvalue weighted by molar-refractivity contribution is -0.145. The normalized spacial score (nSPS) is 17.0. The zero-order chi connectivity index (χ0) is 23.6. The average Bonchev–Trinajstić information content (AvgIpc) is 3.18. The molecular weight excluding hydrogens is 425 g/mol. The van der Waals surface area contributed by atoms with Crippen LogP contribution in [0.15, 0.2) is 41.8 Å². The van der Waals surface area contributed by atoms with Crippen LogP contribution in [0.2, 0.25) is 0 Å². The van der Waals surface area contributed by atoms with Gasteiger partial charge in [-0.15, -0.1) is 0 Å². The Labute approximate surface area is 183 Å². The maximum Gasteiger partial charge on any atom is 0.451 e. The Balaban J connectivity index is 1.78. The van der Waals surface area contributed by atoms with Crippen molar-refractivity contribution >= 4 is 17.6 Å². The van der Waals surface area contributed by atoms with Gasteiger partial charge in [0.25, 0.3) is 0 Å². The van der Waals surface area contributed by atoms with E-state index in [0.29, 0.717) is 11.3 Å². The predicted molar refractivity (Wildman–Crippen MR) is 111 cm³/mol. The number of hydrogen-bond acceptors (Lipinski definition) is 5. The lowest BCUT2D eigenvalue weighted by atomic mass is 10.0. The Morgan fingerprint density at radius 1 is 1.19 bits per heavy atom. The van der Waals surface area contributed by atoms with Gasteiger partial charge in [0, 0.05) is 31.9 Å². The second kappa shape index (κ2) is 8.93. The molecule has 0 fully saturated rings. The predicted octanol–water partition coefficient (Wildman–Crippen LogP) is 3.14. The Morgan fingerprint density at radius 2 is 1.78 bits per heavy atom. The fraction of sp³-hybridized carbons (Fsp3) is 0.381. The summed E-state index contributed by atoms with van der Waals surface area (Å²) in [4.78, 5) is 32.9. The van der Waals surface area contributed by atoms with Crippen molar-refractivity contribution in [2.45, 2.75) is 39.0 Å². The Bertz CT molecular complexity index is 1020. The molecule has 11 heteroatoms. The smallest absolute Gasteiger partial charge is 0.335 e. The number of hydrogen-bond donors (Lipinski definition) is 1. The first kappa shape index (κ1) is 23.2. The zero-order valence-corrected chi connectivity index (χ0v) is 18.0. The highest BCUT2D eigenvalue weighted by atomic mass is 19.4. The van der Waals surface area contributed by atoms with Gasteiger partial charge in [0.15, 0.2) is 0 Å². The molecule has 2 atom stereocenters. The number of alkyl halides is 3. The highest BCUT2D eigenvalue weighted by Gasteiger charge is 2.36. The summed E-state index contributed by atoms with van der Waals surface area (Å²) in [5, 5.41) is 8.32. The van der Waals surface area contributed by atoms with Crippen LogP contribution in [0.4, 0.5) is 18.0 Å². The molecule has 0 aliphatic carbocycles. The molecule has 2 heterocycles. The fourth-order valence-electron chi connectivity index (χ4n) is 3.17. The summed E-state index contributed by atoms with van der Waals surface area (Å²) in [5.41, 5.74) is 2.73. The second-order valence-electron chi connectivity index (χ2n) is 7.59. The van der Waals surface area contributed by atoms with Crippen molar-refractivity contribution in [1.82, 2.24) is 25.2 Å². The van der Waals surface area contributed by atoms with Gasteiger partial charge in [-0.05, 0) is 19.4 Å². The number of aryl methyl sites for hydroxylation is 1. The third-order valence-electron chi connectivity index (χ3n) is 5.20. The van der Waals surface area contributed by atoms with E-state index in [4.69, 9.17) is 0 Å². The molecular formula is C21H23F3N6O2. The maximum absolute atomic E-state index is 12.8. The third-order valence-corrected chi connectivity index (χ3v) is 5.20. The second-order valence-corrected chi connectivity index (χ2v) is 7.59. The summed E-state index contributed by atoms with van der Waals surface area (Å²) in [5.74, 6) is -1.42. The molecule has 1 N–H and O–H groups in total. The molecule has 1 unspecified atom stereocenters. The number of halogens is 3. The topological polar surface area (TPSA) is 90.8 Å². The van der Waals surface area contributed by atoms with Crippen LogP contribution < -0.4 is 5.32 Å². The van der Waals surface area contributed by atoms with Crippen LogP contribution in [-0.2, 0) is 11.0 Å². The molecule has 8 nitrogen and oxygen atoms in total. The summed E-state index contributed by atoms with van der Waals surface area (Å²) in [6.45, 7) is 5.12. The molecule has 0 spiro atoms. The van der Waals surface area contributed by atoms with Crippen LogP contribution in [0.3, 0.4) is 0 Å². The van der Waals surface area contributed by atoms with Crippen LogP contribution in [0.25, 0.3) is 0 Å². The van der Waals surface area contributed by atoms with Crippen molar-refractivity contribution < 1.29 is 22.8 Å². The van der Waals surface area contributed by atoms with E-state index in [0.717, 1.165) is 23.5 Å². The van der Waals surface area contributed by atoms with Crippen LogP contribution in [0.1, 0.15) is 42.4 Å². The molecule has 0 saturated heterocycles. The van der Waals surface area contributed by atoms with Crippen molar-refractivity contribution in [3.8, 4) is 0 Å². The number of nitrogens with zero attached hydrogens (tertiary/aromatic N) is 5. The molecule has 1 aromatic heterocycles. The monoisotopic (exact) mass is 448 g/mol. The lowest BCUT2D eigenvalue weighted by Crippen LogP contribution is -2.45. The van der Waals surface area contributed by atoms with Crippen molar-refractivity contribution in [2.75, 3.05) is 13.6 Å². The molecule has 2 aromatic rings. The lowest BCUT2D eigenvalue weighted by Gasteiger charge is -2.25. The first-order chi connectivity index (χ1) is 15.0. The minimum atomic E-state index is -4.64. The van der Waals surface area contributed by atoms with E-state index in [1.54, 1.807) is 14.0 Å². The minimum absolute atomic E-state index is 0.140. The van der Waals surface area contributed by atoms with Gasteiger partial charge in [0.05, 0.1) is 24.3 Å². The van der Waals surface area contributed by atoms with Gasteiger partial charge in [0.1, 0.15) is 0 Å². The van der Waals surface area contributed by atoms with Crippen LogP contribution in [-0.4, -0.2) is 57.2 Å². The first-order valence-electron chi connectivity index (χ1n) is 9.83. The molecule has 1 aliphatic heterocycles. The quantitative estimate of drug-likeness (QED) is 0.778. The molecule has 170 valence electrons. The van der Waals surface area contributed by atoms with Gasteiger partial charge >= 0.3 is 12.2 Å². The molecule has 1 aromatic carbocycles. The molecule has 0 bridgehead atoms. The van der Waals surface area contributed by atoms with Gasteiger partial charge in [-0.1, -0.05) is 29.8 Å². The SMILES string of the molecule is CC(=O)N(C)[C@@H]1CN(C(=O)NC(C)c2cnc(C(F)(F)F)nc2)N=C1c1ccc(C)cc1. The van der Waals surface area contributed by atoms with Gasteiger partial charge in [-0.2, -0.15) is 18.3 Å². The molecule has 1 aliphatic rings. The molecule has 3 rings (SSSR count). The van der Waals surface area contributed by atoms with E-state index in [-0.39, 0.29) is 12.5 Å². The third kappa shape index (κ3) is 5.04. The molecule has 32 heavy (non-hydrogen) atoms. The number of benzene rings is 1. The Hall–Kier alpha value is -3.50. The van der Waals surface area contributed by atoms with Crippen molar-refractivity contribution in [3.63, 3.8) is 0 Å². The largest absolute Gasteiger partial charge is 0.451 e. The Kier molecular flexibility index (Phi) is 6.47. The van der Waals surface area contributed by atoms with E-state index in [1.165, 1.54) is 16.8 Å². The zero-order valence-electron chi connectivity index (χ0n) is 18.0. The van der Waals surface area contributed by atoms with Crippen LogP contribution in [0, 0.1) is 6.92 Å². The minimum Gasteiger partial charge on any atom is -0.335 e. The molecule has 0 radical (unpaired) electrons. The first-order valence-corrected chi connectivity index (χ1v) is 9.83. The van der Waals surface area contributed by atoms with Gasteiger partial charge in [0.2, 0.25) is 11.7 Å². The number of hydrazone groups is 1. The van der Waals surface area contributed by atoms with Crippen molar-refractivity contribution in [1.29, 1.82) is 0 Å². The van der Waals surface area contributed by atoms with Gasteiger partial charge < -0.3 is 10.2 Å². The van der Waals surface area contributed by atoms with Crippen LogP contribution in [0.5, 0.6) is 0 Å². The van der Waals surface area contributed by atoms with E-state index in [1.807, 2.05) is 31.2 Å². The van der Waals surface area contributed by atoms with Crippen LogP contribution >= 0.6 is 0 Å². The summed E-state index contributed by atoms with van der Waals surface area (Å²) < 4.78 is 37.9. The average molecular weight is 448 g/mol. The number of likely N-dealkylation sites (N-methyl/N-ethyl adjacent to an activating group) is 1. The number of amides is 3. The number of nitrogens with one attached hydrogen (secondary N) is 1. The van der Waals surface area contributed by atoms with E-state index in [2.05, 4.69) is 20.4 Å². The summed E-state index contributed by atoms with van der Waals surface area (Å²) in [6, 6.07) is 5.92. The Morgan fingerprint density at radius 3 is 2.31 bits per heavy atom. The number of rotatable bonds is 4. The summed E-state index contributed by atoms with van der Waals surface area (Å²) in [6.07, 6.45) is -2.59. The van der Waals surface area contributed by atoms with Crippen molar-refractivity contribution in [2.24, 2.45) is 5.10 Å². The van der Waals surface area contributed by atoms with E-state index in [9.17, 15) is 22.8 Å². The summed E-state index contributed by atoms with van der Waals surface area (Å²) in [7, 11) is 1.64. The number of urea groups is 1. The van der Waals surface area contributed by atoms with Gasteiger partial charge in [-0.25, -0.2) is 19.8 Å². The van der Waals surface area contributed by atoms with Gasteiger partial charge in [-0.3, -0.25) is 4.79 Å². The fourth-order valence-corrected chi connectivity index (χ4v) is 3.17. The number of carbonyl (C=O) groups is 2. The molecule has 3 amide bonds. The standard InChI is InChI=1S/C21H23F3N6O2/c1-12-5-7-15(8-6-12)18-17(29(4)14(3)31)11-30(28-18)20(32)27-13(2)16-9-25-19(26-10-16)21(22,23)24/h5-10,13,17H,11H2,1-4H3,(H,27,32)/t13?,17-/m1/s1. The van der Waals surface area contributed by atoms with E-state index >= 15 is 0 Å². The molecule has 0 saturated carbocycles. The number of carbonyl (C=O) groups excluding carboxylic acids is 2. The van der Waals surface area contributed by atoms with Crippen molar-refractivity contribution in [3.05, 3.63) is 59.2 Å².